The molecule has 27 heavy (non-hydrogen) atoms. The molecule has 3 rings (SSSR count). The standard InChI is InChI=1S/C21H30ClN3O2/c1-25(16-7-3-2-4-8-16)21(27)17-11-10-15(13-18(17)22)24-20(26)12-14-6-5-9-19(14)23/h10-11,13-14,16,19H,2-9,12,23H2,1H3,(H,24,26)/t14-,19+/m0/s1. The van der Waals surface area contributed by atoms with Crippen LogP contribution >= 0.6 is 11.6 Å². The molecule has 0 unspecified atom stereocenters. The quantitative estimate of drug-likeness (QED) is 0.789. The van der Waals surface area contributed by atoms with Crippen LogP contribution in [-0.4, -0.2) is 35.8 Å². The van der Waals surface area contributed by atoms with Crippen LogP contribution in [0.2, 0.25) is 5.02 Å². The molecule has 2 saturated carbocycles. The van der Waals surface area contributed by atoms with Gasteiger partial charge in [-0.3, -0.25) is 9.59 Å². The van der Waals surface area contributed by atoms with Crippen molar-refractivity contribution in [2.24, 2.45) is 11.7 Å². The summed E-state index contributed by atoms with van der Waals surface area (Å²) in [6, 6.07) is 5.53. The Balaban J connectivity index is 1.61. The lowest BCUT2D eigenvalue weighted by Crippen LogP contribution is -2.38. The van der Waals surface area contributed by atoms with E-state index in [1.165, 1.54) is 19.3 Å². The van der Waals surface area contributed by atoms with E-state index in [1.54, 1.807) is 18.2 Å². The molecule has 0 radical (unpaired) electrons. The highest BCUT2D eigenvalue weighted by Gasteiger charge is 2.27. The first kappa shape index (κ1) is 20.2. The number of hydrogen-bond acceptors (Lipinski definition) is 3. The Morgan fingerprint density at radius 3 is 2.52 bits per heavy atom. The van der Waals surface area contributed by atoms with Crippen LogP contribution in [0.4, 0.5) is 5.69 Å². The van der Waals surface area contributed by atoms with Crippen molar-refractivity contribution in [3.05, 3.63) is 28.8 Å². The first-order valence-electron chi connectivity index (χ1n) is 10.1. The van der Waals surface area contributed by atoms with Crippen molar-refractivity contribution in [1.82, 2.24) is 4.90 Å². The van der Waals surface area contributed by atoms with Gasteiger partial charge in [-0.05, 0) is 49.8 Å². The Kier molecular flexibility index (Phi) is 6.77. The molecule has 1 aromatic rings. The molecule has 0 aliphatic heterocycles. The van der Waals surface area contributed by atoms with Gasteiger partial charge in [-0.2, -0.15) is 0 Å². The van der Waals surface area contributed by atoms with Crippen LogP contribution in [0, 0.1) is 5.92 Å². The third kappa shape index (κ3) is 5.02. The Morgan fingerprint density at radius 1 is 1.15 bits per heavy atom. The van der Waals surface area contributed by atoms with Crippen LogP contribution in [0.15, 0.2) is 18.2 Å². The third-order valence-corrected chi connectivity index (χ3v) is 6.40. The maximum Gasteiger partial charge on any atom is 0.255 e. The molecule has 3 N–H and O–H groups in total. The van der Waals surface area contributed by atoms with Gasteiger partial charge in [0.25, 0.3) is 5.91 Å². The normalized spacial score (nSPS) is 23.2. The van der Waals surface area contributed by atoms with Crippen molar-refractivity contribution >= 4 is 29.1 Å². The van der Waals surface area contributed by atoms with Crippen LogP contribution in [-0.2, 0) is 4.79 Å². The van der Waals surface area contributed by atoms with Gasteiger partial charge in [-0.1, -0.05) is 37.3 Å². The molecule has 0 saturated heterocycles. The van der Waals surface area contributed by atoms with Gasteiger partial charge < -0.3 is 16.0 Å². The Morgan fingerprint density at radius 2 is 1.89 bits per heavy atom. The minimum Gasteiger partial charge on any atom is -0.339 e. The summed E-state index contributed by atoms with van der Waals surface area (Å²) in [4.78, 5) is 26.9. The lowest BCUT2D eigenvalue weighted by molar-refractivity contribution is -0.117. The van der Waals surface area contributed by atoms with Crippen molar-refractivity contribution in [2.45, 2.75) is 69.9 Å². The van der Waals surface area contributed by atoms with E-state index >= 15 is 0 Å². The number of nitrogens with zero attached hydrogens (tertiary/aromatic N) is 1. The molecule has 148 valence electrons. The lowest BCUT2D eigenvalue weighted by atomic mass is 9.94. The molecule has 0 heterocycles. The predicted molar refractivity (Wildman–Crippen MR) is 109 cm³/mol. The molecule has 0 spiro atoms. The summed E-state index contributed by atoms with van der Waals surface area (Å²) < 4.78 is 0. The second-order valence-electron chi connectivity index (χ2n) is 8.01. The highest BCUT2D eigenvalue weighted by molar-refractivity contribution is 6.34. The maximum absolute atomic E-state index is 12.8. The minimum atomic E-state index is -0.0540. The molecule has 2 amide bonds. The number of anilines is 1. The van der Waals surface area contributed by atoms with Gasteiger partial charge in [0.2, 0.25) is 5.91 Å². The van der Waals surface area contributed by atoms with Gasteiger partial charge in [-0.15, -0.1) is 0 Å². The molecule has 0 aromatic heterocycles. The summed E-state index contributed by atoms with van der Waals surface area (Å²) >= 11 is 6.37. The van der Waals surface area contributed by atoms with Crippen molar-refractivity contribution < 1.29 is 9.59 Å². The summed E-state index contributed by atoms with van der Waals surface area (Å²) in [5.74, 6) is 0.152. The fraction of sp³-hybridized carbons (Fsp3) is 0.619. The Labute approximate surface area is 166 Å². The number of carbonyl (C=O) groups excluding carboxylic acids is 2. The fourth-order valence-electron chi connectivity index (χ4n) is 4.36. The maximum atomic E-state index is 12.8. The monoisotopic (exact) mass is 391 g/mol. The van der Waals surface area contributed by atoms with Crippen molar-refractivity contribution in [2.75, 3.05) is 12.4 Å². The number of nitrogens with one attached hydrogen (secondary N) is 1. The zero-order valence-electron chi connectivity index (χ0n) is 16.0. The van der Waals surface area contributed by atoms with Gasteiger partial charge in [0, 0.05) is 31.2 Å². The molecule has 2 aliphatic carbocycles. The summed E-state index contributed by atoms with van der Waals surface area (Å²) in [6.07, 6.45) is 9.23. The van der Waals surface area contributed by atoms with E-state index < -0.39 is 0 Å². The highest BCUT2D eigenvalue weighted by atomic mass is 35.5. The average Bonchev–Trinajstić information content (AvgIpc) is 3.06. The van der Waals surface area contributed by atoms with Crippen LogP contribution < -0.4 is 11.1 Å². The summed E-state index contributed by atoms with van der Waals surface area (Å²) in [7, 11) is 1.86. The van der Waals surface area contributed by atoms with Crippen LogP contribution in [0.25, 0.3) is 0 Å². The Hall–Kier alpha value is -1.59. The number of carbonyl (C=O) groups is 2. The topological polar surface area (TPSA) is 75.4 Å². The smallest absolute Gasteiger partial charge is 0.255 e. The first-order valence-corrected chi connectivity index (χ1v) is 10.5. The number of hydrogen-bond donors (Lipinski definition) is 2. The van der Waals surface area contributed by atoms with Gasteiger partial charge >= 0.3 is 0 Å². The SMILES string of the molecule is CN(C(=O)c1ccc(NC(=O)C[C@@H]2CCC[C@H]2N)cc1Cl)C1CCCCC1. The first-order chi connectivity index (χ1) is 13.0. The lowest BCUT2D eigenvalue weighted by Gasteiger charge is -2.31. The second kappa shape index (κ2) is 9.07. The molecule has 0 bridgehead atoms. The molecule has 2 fully saturated rings. The number of nitrogens with two attached hydrogens (primary N) is 1. The van der Waals surface area contributed by atoms with Crippen molar-refractivity contribution in [1.29, 1.82) is 0 Å². The van der Waals surface area contributed by atoms with Gasteiger partial charge in [-0.25, -0.2) is 0 Å². The average molecular weight is 392 g/mol. The van der Waals surface area contributed by atoms with E-state index in [1.807, 2.05) is 11.9 Å². The summed E-state index contributed by atoms with van der Waals surface area (Å²) in [6.45, 7) is 0. The number of benzene rings is 1. The Bertz CT molecular complexity index is 688. The highest BCUT2D eigenvalue weighted by Crippen LogP contribution is 2.29. The zero-order valence-corrected chi connectivity index (χ0v) is 16.8. The van der Waals surface area contributed by atoms with E-state index in [4.69, 9.17) is 17.3 Å². The third-order valence-electron chi connectivity index (χ3n) is 6.09. The number of rotatable bonds is 5. The van der Waals surface area contributed by atoms with Crippen LogP contribution in [0.5, 0.6) is 0 Å². The van der Waals surface area contributed by atoms with Crippen LogP contribution in [0.3, 0.4) is 0 Å². The molecule has 5 nitrogen and oxygen atoms in total. The van der Waals surface area contributed by atoms with E-state index in [0.29, 0.717) is 22.7 Å². The number of amides is 2. The molecule has 2 aliphatic rings. The zero-order chi connectivity index (χ0) is 19.4. The fourth-order valence-corrected chi connectivity index (χ4v) is 4.62. The summed E-state index contributed by atoms with van der Waals surface area (Å²) in [5.41, 5.74) is 7.15. The predicted octanol–water partition coefficient (Wildman–Crippen LogP) is 4.20. The number of halogens is 1. The van der Waals surface area contributed by atoms with Gasteiger partial charge in [0.05, 0.1) is 10.6 Å². The van der Waals surface area contributed by atoms with Crippen molar-refractivity contribution in [3.8, 4) is 0 Å². The molecular weight excluding hydrogens is 362 g/mol. The van der Waals surface area contributed by atoms with Gasteiger partial charge in [0.15, 0.2) is 0 Å². The summed E-state index contributed by atoms with van der Waals surface area (Å²) in [5, 5.41) is 3.26. The molecule has 1 aromatic carbocycles. The van der Waals surface area contributed by atoms with E-state index in [2.05, 4.69) is 5.32 Å². The van der Waals surface area contributed by atoms with E-state index in [0.717, 1.165) is 32.1 Å². The van der Waals surface area contributed by atoms with Gasteiger partial charge in [0.1, 0.15) is 0 Å². The second-order valence-corrected chi connectivity index (χ2v) is 8.42. The van der Waals surface area contributed by atoms with E-state index in [-0.39, 0.29) is 29.8 Å². The largest absolute Gasteiger partial charge is 0.339 e. The molecule has 2 atom stereocenters. The van der Waals surface area contributed by atoms with E-state index in [9.17, 15) is 9.59 Å². The van der Waals surface area contributed by atoms with Crippen LogP contribution in [0.1, 0.15) is 68.1 Å². The molecular formula is C21H30ClN3O2. The molecule has 6 heteroatoms. The minimum absolute atomic E-state index is 0.0492. The van der Waals surface area contributed by atoms with Crippen molar-refractivity contribution in [3.63, 3.8) is 0 Å².